The Kier molecular flexibility index (Phi) is 21.0. The van der Waals surface area contributed by atoms with Gasteiger partial charge in [-0.25, -0.2) is 4.79 Å². The van der Waals surface area contributed by atoms with E-state index in [0.717, 1.165) is 11.1 Å². The van der Waals surface area contributed by atoms with Crippen LogP contribution >= 0.6 is 0 Å². The lowest BCUT2D eigenvalue weighted by molar-refractivity contribution is -0.302. The van der Waals surface area contributed by atoms with Gasteiger partial charge in [-0.2, -0.15) is 0 Å². The van der Waals surface area contributed by atoms with E-state index >= 15 is 0 Å². The molecule has 3 N–H and O–H groups in total. The van der Waals surface area contributed by atoms with Gasteiger partial charge in [0.15, 0.2) is 0 Å². The van der Waals surface area contributed by atoms with Gasteiger partial charge in [-0.05, 0) is 120 Å². The summed E-state index contributed by atoms with van der Waals surface area (Å²) < 4.78 is 47.7. The Balaban J connectivity index is 1.44. The molecule has 0 aromatic heterocycles. The van der Waals surface area contributed by atoms with Gasteiger partial charge in [-0.3, -0.25) is 14.4 Å². The van der Waals surface area contributed by atoms with Crippen LogP contribution in [0.25, 0.3) is 0 Å². The topological polar surface area (TPSA) is 206 Å². The summed E-state index contributed by atoms with van der Waals surface area (Å²) in [5, 5.41) is 35.2. The normalized spacial score (nSPS) is 35.2. The number of piperidine rings is 1. The number of methoxy groups -OCH3 is 5. The first kappa shape index (κ1) is 57.2. The molecule has 5 rings (SSSR count). The molecule has 4 aliphatic rings. The van der Waals surface area contributed by atoms with Gasteiger partial charge < -0.3 is 58.1 Å². The Morgan fingerprint density at radius 1 is 0.871 bits per heavy atom. The Labute approximate surface area is 415 Å². The minimum atomic E-state index is -2.53. The number of allylic oxidation sites excluding steroid dienone is 3. The highest BCUT2D eigenvalue weighted by molar-refractivity contribution is 6.39. The molecule has 2 bridgehead atoms. The fraction of sp³-hybridized carbons (Fsp3) is 0.741. The number of aliphatic hydroxyl groups is 3. The highest BCUT2D eigenvalue weighted by Crippen LogP contribution is 2.40. The lowest BCUT2D eigenvalue weighted by Gasteiger charge is -2.47. The van der Waals surface area contributed by atoms with Gasteiger partial charge in [0.1, 0.15) is 41.6 Å². The largest absolute Gasteiger partial charge is 0.496 e. The average Bonchev–Trinajstić information content (AvgIpc) is 3.35. The minimum Gasteiger partial charge on any atom is -0.496 e. The number of hydrogen-bond acceptors (Lipinski definition) is 15. The Hall–Kier alpha value is -3.74. The van der Waals surface area contributed by atoms with E-state index < -0.39 is 83.9 Å². The summed E-state index contributed by atoms with van der Waals surface area (Å²) in [6.07, 6.45) is 2.80. The number of carbonyl (C=O) groups excluding carboxylic acids is 4. The predicted molar refractivity (Wildman–Crippen MR) is 261 cm³/mol. The molecule has 16 heteroatoms. The van der Waals surface area contributed by atoms with Gasteiger partial charge in [0.25, 0.3) is 11.7 Å². The molecule has 70 heavy (non-hydrogen) atoms. The summed E-state index contributed by atoms with van der Waals surface area (Å²) >= 11 is 0. The second-order valence-electron chi connectivity index (χ2n) is 20.5. The first-order valence-corrected chi connectivity index (χ1v) is 25.4. The van der Waals surface area contributed by atoms with Gasteiger partial charge >= 0.3 is 5.97 Å². The summed E-state index contributed by atoms with van der Waals surface area (Å²) in [4.78, 5) is 58.6. The fourth-order valence-electron chi connectivity index (χ4n) is 11.2. The van der Waals surface area contributed by atoms with Crippen LogP contribution in [0.5, 0.6) is 11.5 Å². The molecule has 1 aromatic carbocycles. The lowest BCUT2D eigenvalue weighted by atomic mass is 9.81. The minimum absolute atomic E-state index is 0.0135. The van der Waals surface area contributed by atoms with Crippen molar-refractivity contribution in [1.82, 2.24) is 4.90 Å². The third-order valence-corrected chi connectivity index (χ3v) is 15.5. The number of fused-ring (bicyclic) bond motifs is 3. The molecular formula is C54H83NO15. The molecule has 2 saturated heterocycles. The highest BCUT2D eigenvalue weighted by atomic mass is 16.7. The monoisotopic (exact) mass is 986 g/mol. The molecule has 1 aliphatic carbocycles. The lowest BCUT2D eigenvalue weighted by Crippen LogP contribution is -2.64. The molecule has 1 saturated carbocycles. The zero-order valence-corrected chi connectivity index (χ0v) is 43.8. The summed E-state index contributed by atoms with van der Waals surface area (Å²) in [5.41, 5.74) is 3.04. The molecule has 0 spiro atoms. The van der Waals surface area contributed by atoms with Crippen LogP contribution in [-0.4, -0.2) is 147 Å². The molecule has 1 aromatic rings. The molecule has 3 aliphatic heterocycles. The number of aliphatic hydroxyl groups excluding tert-OH is 2. The van der Waals surface area contributed by atoms with E-state index in [4.69, 9.17) is 37.9 Å². The van der Waals surface area contributed by atoms with Gasteiger partial charge in [-0.15, -0.1) is 0 Å². The number of ether oxygens (including phenoxy) is 8. The van der Waals surface area contributed by atoms with E-state index in [9.17, 15) is 34.5 Å². The van der Waals surface area contributed by atoms with E-state index in [1.165, 1.54) is 19.1 Å². The molecule has 3 heterocycles. The van der Waals surface area contributed by atoms with Crippen molar-refractivity contribution in [2.75, 3.05) is 48.7 Å². The Bertz CT molecular complexity index is 1980. The first-order chi connectivity index (χ1) is 33.2. The molecule has 1 amide bonds. The van der Waals surface area contributed by atoms with Crippen LogP contribution in [0.2, 0.25) is 0 Å². The number of amides is 1. The third kappa shape index (κ3) is 13.5. The predicted octanol–water partition coefficient (Wildman–Crippen LogP) is 6.56. The molecule has 16 nitrogen and oxygen atoms in total. The van der Waals surface area contributed by atoms with E-state index in [1.807, 2.05) is 39.8 Å². The summed E-state index contributed by atoms with van der Waals surface area (Å²) in [5.74, 6) is -6.58. The number of nitrogens with zero attached hydrogens (tertiary/aromatic N) is 1. The summed E-state index contributed by atoms with van der Waals surface area (Å²) in [6, 6.07) is 2.37. The van der Waals surface area contributed by atoms with E-state index in [0.29, 0.717) is 74.0 Å². The Morgan fingerprint density at radius 2 is 1.51 bits per heavy atom. The second-order valence-corrected chi connectivity index (χ2v) is 20.5. The number of rotatable bonds is 12. The van der Waals surface area contributed by atoms with Crippen molar-refractivity contribution >= 4 is 23.4 Å². The number of hydrogen-bond donors (Lipinski definition) is 3. The van der Waals surface area contributed by atoms with Crippen LogP contribution in [0, 0.1) is 36.5 Å². The number of carbonyl (C=O) groups is 4. The van der Waals surface area contributed by atoms with Gasteiger partial charge in [0.05, 0.1) is 51.3 Å². The number of Topliss-reactive ketones (excluding diaryl/α,β-unsaturated/α-hetero) is 2. The maximum atomic E-state index is 14.6. The summed E-state index contributed by atoms with van der Waals surface area (Å²) in [6.45, 7) is 13.1. The van der Waals surface area contributed by atoms with Crippen molar-refractivity contribution in [3.8, 4) is 11.5 Å². The number of benzene rings is 1. The second kappa shape index (κ2) is 25.8. The van der Waals surface area contributed by atoms with Crippen LogP contribution in [0.3, 0.4) is 0 Å². The molecule has 3 fully saturated rings. The fourth-order valence-corrected chi connectivity index (χ4v) is 11.2. The molecule has 15 atom stereocenters. The van der Waals surface area contributed by atoms with E-state index in [2.05, 4.69) is 6.92 Å². The van der Waals surface area contributed by atoms with Crippen molar-refractivity contribution in [2.24, 2.45) is 29.6 Å². The average molecular weight is 986 g/mol. The molecule has 0 radical (unpaired) electrons. The van der Waals surface area contributed by atoms with Crippen LogP contribution < -0.4 is 9.47 Å². The quantitative estimate of drug-likeness (QED) is 0.115. The van der Waals surface area contributed by atoms with Crippen LogP contribution in [-0.2, 0) is 47.6 Å². The molecule has 394 valence electrons. The maximum Gasteiger partial charge on any atom is 0.329 e. The van der Waals surface area contributed by atoms with Crippen molar-refractivity contribution < 1.29 is 72.4 Å². The van der Waals surface area contributed by atoms with Crippen LogP contribution in [0.1, 0.15) is 129 Å². The zero-order chi connectivity index (χ0) is 51.6. The maximum absolute atomic E-state index is 14.6. The van der Waals surface area contributed by atoms with Crippen LogP contribution in [0.4, 0.5) is 0 Å². The zero-order valence-electron chi connectivity index (χ0n) is 43.8. The van der Waals surface area contributed by atoms with Crippen molar-refractivity contribution in [3.05, 3.63) is 46.6 Å². The number of esters is 1. The van der Waals surface area contributed by atoms with Crippen molar-refractivity contribution in [1.29, 1.82) is 0 Å². The smallest absolute Gasteiger partial charge is 0.329 e. The number of cyclic esters (lactones) is 1. The van der Waals surface area contributed by atoms with Crippen LogP contribution in [0.15, 0.2) is 35.4 Å². The molecular weight excluding hydrogens is 903 g/mol. The van der Waals surface area contributed by atoms with Gasteiger partial charge in [-0.1, -0.05) is 45.4 Å². The van der Waals surface area contributed by atoms with Gasteiger partial charge in [0.2, 0.25) is 5.79 Å². The summed E-state index contributed by atoms with van der Waals surface area (Å²) in [7, 11) is 7.81. The SMILES string of the molecule is CCC1C=C(C)CC(C)CC(OC)C2OC(O)(C(=O)C(=O)N3CCCCC3C(=O)OC(C(C)=CC3CCC(OCC(O)c4cc(OC)c(C)c(OC)c4)C(OC)C3)C(C)C(O)CC1=O)C(C)CC2OC. The number of ketones is 2. The first-order valence-electron chi connectivity index (χ1n) is 25.4. The van der Waals surface area contributed by atoms with Crippen molar-refractivity contribution in [2.45, 2.75) is 180 Å². The highest BCUT2D eigenvalue weighted by Gasteiger charge is 2.56. The standard InChI is InChI=1S/C54H83NO15/c1-13-37-21-30(2)20-31(3)22-47(66-11)50-48(67-12)24-33(5)54(62,70-50)51(59)52(60)55-19-15-14-16-39(55)53(61)69-49(34(6)40(56)28-41(37)57)32(4)23-36-17-18-43(46(25-36)65-10)68-29-42(58)38-26-44(63-8)35(7)45(27-38)64-9/h21,23,26-27,31,33-34,36-37,39-40,42-43,46-50,56,58,62H,13-20,22,24-25,28-29H2,1-12H3. The third-order valence-electron chi connectivity index (χ3n) is 15.5. The van der Waals surface area contributed by atoms with E-state index in [-0.39, 0.29) is 62.2 Å². The Morgan fingerprint density at radius 3 is 2.13 bits per heavy atom. The van der Waals surface area contributed by atoms with E-state index in [1.54, 1.807) is 47.3 Å². The van der Waals surface area contributed by atoms with Crippen molar-refractivity contribution in [3.63, 3.8) is 0 Å². The van der Waals surface area contributed by atoms with Gasteiger partial charge in [0, 0.05) is 57.6 Å². The molecule has 15 unspecified atom stereocenters.